The van der Waals surface area contributed by atoms with Gasteiger partial charge in [-0.1, -0.05) is 34.6 Å². The van der Waals surface area contributed by atoms with E-state index in [1.807, 2.05) is 0 Å². The fraction of sp³-hybridized carbons (Fsp3) is 0.909. The van der Waals surface area contributed by atoms with Crippen LogP contribution in [0, 0.1) is 17.2 Å². The van der Waals surface area contributed by atoms with E-state index in [1.165, 1.54) is 0 Å². The van der Waals surface area contributed by atoms with Gasteiger partial charge in [0.25, 0.3) is 0 Å². The van der Waals surface area contributed by atoms with Crippen molar-refractivity contribution < 1.29 is 0 Å². The average molecular weight is 184 g/mol. The van der Waals surface area contributed by atoms with Crippen LogP contribution in [0.5, 0.6) is 0 Å². The Morgan fingerprint density at radius 1 is 1.08 bits per heavy atom. The van der Waals surface area contributed by atoms with Crippen molar-refractivity contribution in [1.82, 2.24) is 4.90 Å². The van der Waals surface area contributed by atoms with Gasteiger partial charge in [0, 0.05) is 19.5 Å². The van der Waals surface area contributed by atoms with E-state index in [-0.39, 0.29) is 0 Å². The van der Waals surface area contributed by atoms with Crippen LogP contribution in [0.3, 0.4) is 0 Å². The van der Waals surface area contributed by atoms with Crippen molar-refractivity contribution in [3.63, 3.8) is 0 Å². The molecule has 2 heteroatoms. The maximum Gasteiger partial charge on any atom is 0.0955 e. The molecule has 13 heavy (non-hydrogen) atoms. The molecule has 0 aliphatic rings. The summed E-state index contributed by atoms with van der Waals surface area (Å²) in [4.78, 5) is 2.20. The predicted molar refractivity (Wildman–Crippen MR) is 59.3 cm³/mol. The molecular formula is C11H24N2. The topological polar surface area (TPSA) is 27.1 Å². The minimum absolute atomic E-state index is 0.644. The second-order valence-electron chi connectivity index (χ2n) is 4.49. The molecule has 0 unspecified atom stereocenters. The van der Waals surface area contributed by atoms with E-state index >= 15 is 0 Å². The minimum Gasteiger partial charge on any atom is -0.360 e. The molecule has 0 aromatic rings. The molecule has 0 aromatic heterocycles. The second kappa shape index (κ2) is 6.01. The lowest BCUT2D eigenvalue weighted by molar-refractivity contribution is 0.321. The van der Waals surface area contributed by atoms with Gasteiger partial charge in [-0.05, 0) is 11.8 Å². The van der Waals surface area contributed by atoms with Crippen molar-refractivity contribution in [2.45, 2.75) is 41.0 Å². The average Bonchev–Trinajstić information content (AvgIpc) is 2.00. The van der Waals surface area contributed by atoms with Crippen LogP contribution < -0.4 is 0 Å². The lowest BCUT2D eigenvalue weighted by Gasteiger charge is -2.28. The number of hydrogen-bond donors (Lipinski definition) is 1. The number of hydrogen-bond acceptors (Lipinski definition) is 1. The van der Waals surface area contributed by atoms with E-state index in [1.54, 1.807) is 0 Å². The molecule has 0 amide bonds. The summed E-state index contributed by atoms with van der Waals surface area (Å²) in [6.45, 7) is 12.9. The highest BCUT2D eigenvalue weighted by molar-refractivity contribution is 5.78. The number of rotatable bonds is 5. The molecular weight excluding hydrogens is 160 g/mol. The third kappa shape index (κ3) is 5.67. The highest BCUT2D eigenvalue weighted by Crippen LogP contribution is 2.05. The monoisotopic (exact) mass is 184 g/mol. The van der Waals surface area contributed by atoms with Crippen LogP contribution in [0.1, 0.15) is 41.0 Å². The molecule has 2 nitrogen and oxygen atoms in total. The van der Waals surface area contributed by atoms with Gasteiger partial charge in [0.15, 0.2) is 0 Å². The first-order chi connectivity index (χ1) is 5.97. The Kier molecular flexibility index (Phi) is 5.76. The van der Waals surface area contributed by atoms with E-state index in [0.717, 1.165) is 25.3 Å². The van der Waals surface area contributed by atoms with Gasteiger partial charge in [-0.3, -0.25) is 5.41 Å². The standard InChI is InChI=1S/C11H24N2/c1-6-11(12)13(7-9(2)3)8-10(4)5/h9-10,12H,6-8H2,1-5H3. The molecule has 0 heterocycles. The first kappa shape index (κ1) is 12.5. The summed E-state index contributed by atoms with van der Waals surface area (Å²) in [5.41, 5.74) is 0. The molecule has 0 rings (SSSR count). The molecule has 0 atom stereocenters. The van der Waals surface area contributed by atoms with Gasteiger partial charge in [0.2, 0.25) is 0 Å². The zero-order valence-electron chi connectivity index (χ0n) is 9.72. The smallest absolute Gasteiger partial charge is 0.0955 e. The van der Waals surface area contributed by atoms with Gasteiger partial charge >= 0.3 is 0 Å². The molecule has 0 spiro atoms. The lowest BCUT2D eigenvalue weighted by Crippen LogP contribution is -2.36. The van der Waals surface area contributed by atoms with E-state index < -0.39 is 0 Å². The molecule has 0 aliphatic heterocycles. The molecule has 0 aliphatic carbocycles. The third-order valence-corrected chi connectivity index (χ3v) is 1.89. The van der Waals surface area contributed by atoms with Crippen LogP contribution in [-0.4, -0.2) is 23.8 Å². The summed E-state index contributed by atoms with van der Waals surface area (Å²) in [5.74, 6) is 2.07. The molecule has 0 aromatic carbocycles. The first-order valence-electron chi connectivity index (χ1n) is 5.29. The second-order valence-corrected chi connectivity index (χ2v) is 4.49. The van der Waals surface area contributed by atoms with Crippen LogP contribution in [0.15, 0.2) is 0 Å². The maximum absolute atomic E-state index is 7.81. The normalized spacial score (nSPS) is 11.0. The van der Waals surface area contributed by atoms with Crippen LogP contribution in [0.2, 0.25) is 0 Å². The van der Waals surface area contributed by atoms with Gasteiger partial charge in [-0.2, -0.15) is 0 Å². The van der Waals surface area contributed by atoms with Gasteiger partial charge in [-0.25, -0.2) is 0 Å². The van der Waals surface area contributed by atoms with E-state index in [0.29, 0.717) is 11.8 Å². The Morgan fingerprint density at radius 2 is 1.46 bits per heavy atom. The summed E-state index contributed by atoms with van der Waals surface area (Å²) in [6.07, 6.45) is 0.847. The zero-order chi connectivity index (χ0) is 10.4. The van der Waals surface area contributed by atoms with E-state index in [4.69, 9.17) is 5.41 Å². The number of nitrogens with one attached hydrogen (secondary N) is 1. The largest absolute Gasteiger partial charge is 0.360 e. The van der Waals surface area contributed by atoms with Crippen molar-refractivity contribution in [3.05, 3.63) is 0 Å². The Balaban J connectivity index is 4.10. The fourth-order valence-electron chi connectivity index (χ4n) is 1.40. The van der Waals surface area contributed by atoms with Crippen LogP contribution in [0.25, 0.3) is 0 Å². The van der Waals surface area contributed by atoms with E-state index in [9.17, 15) is 0 Å². The Labute approximate surface area is 82.8 Å². The number of amidine groups is 1. The van der Waals surface area contributed by atoms with Crippen molar-refractivity contribution in [2.24, 2.45) is 11.8 Å². The highest BCUT2D eigenvalue weighted by atomic mass is 15.2. The molecule has 0 bridgehead atoms. The van der Waals surface area contributed by atoms with Crippen molar-refractivity contribution >= 4 is 5.84 Å². The van der Waals surface area contributed by atoms with Gasteiger partial charge in [-0.15, -0.1) is 0 Å². The summed E-state index contributed by atoms with van der Waals surface area (Å²) >= 11 is 0. The Hall–Kier alpha value is -0.530. The third-order valence-electron chi connectivity index (χ3n) is 1.89. The van der Waals surface area contributed by atoms with Gasteiger partial charge < -0.3 is 4.90 Å². The molecule has 0 radical (unpaired) electrons. The quantitative estimate of drug-likeness (QED) is 0.516. The van der Waals surface area contributed by atoms with Crippen molar-refractivity contribution in [1.29, 1.82) is 5.41 Å². The predicted octanol–water partition coefficient (Wildman–Crippen LogP) is 2.99. The highest BCUT2D eigenvalue weighted by Gasteiger charge is 2.10. The summed E-state index contributed by atoms with van der Waals surface area (Å²) in [7, 11) is 0. The molecule has 1 N–H and O–H groups in total. The van der Waals surface area contributed by atoms with Crippen molar-refractivity contribution in [2.75, 3.05) is 13.1 Å². The maximum atomic E-state index is 7.81. The zero-order valence-corrected chi connectivity index (χ0v) is 9.72. The van der Waals surface area contributed by atoms with E-state index in [2.05, 4.69) is 39.5 Å². The fourth-order valence-corrected chi connectivity index (χ4v) is 1.40. The van der Waals surface area contributed by atoms with Crippen LogP contribution in [0.4, 0.5) is 0 Å². The number of nitrogens with zero attached hydrogens (tertiary/aromatic N) is 1. The van der Waals surface area contributed by atoms with Crippen LogP contribution in [-0.2, 0) is 0 Å². The van der Waals surface area contributed by atoms with Gasteiger partial charge in [0.05, 0.1) is 5.84 Å². The summed E-state index contributed by atoms with van der Waals surface area (Å²) < 4.78 is 0. The first-order valence-corrected chi connectivity index (χ1v) is 5.29. The minimum atomic E-state index is 0.644. The molecule has 78 valence electrons. The van der Waals surface area contributed by atoms with Gasteiger partial charge in [0.1, 0.15) is 0 Å². The molecule has 0 saturated carbocycles. The lowest BCUT2D eigenvalue weighted by atomic mass is 10.1. The summed E-state index contributed by atoms with van der Waals surface area (Å²) in [6, 6.07) is 0. The molecule has 0 saturated heterocycles. The van der Waals surface area contributed by atoms with Crippen LogP contribution >= 0.6 is 0 Å². The molecule has 0 fully saturated rings. The SMILES string of the molecule is CCC(=N)N(CC(C)C)CC(C)C. The Bertz CT molecular complexity index is 140. The Morgan fingerprint density at radius 3 is 1.69 bits per heavy atom. The van der Waals surface area contributed by atoms with Crippen molar-refractivity contribution in [3.8, 4) is 0 Å². The summed E-state index contributed by atoms with van der Waals surface area (Å²) in [5, 5.41) is 7.81.